The molecule has 30 heavy (non-hydrogen) atoms. The second-order valence-electron chi connectivity index (χ2n) is 7.14. The smallest absolute Gasteiger partial charge is 0.255 e. The fourth-order valence-corrected chi connectivity index (χ4v) is 3.79. The van der Waals surface area contributed by atoms with Crippen LogP contribution in [0.3, 0.4) is 0 Å². The second-order valence-corrected chi connectivity index (χ2v) is 7.55. The van der Waals surface area contributed by atoms with Crippen molar-refractivity contribution in [3.05, 3.63) is 47.1 Å². The largest absolute Gasteiger partial charge is 0.495 e. The highest BCUT2D eigenvalue weighted by molar-refractivity contribution is 6.33. The summed E-state index contributed by atoms with van der Waals surface area (Å²) in [7, 11) is 1.56. The lowest BCUT2D eigenvalue weighted by atomic mass is 10.1. The first-order valence-electron chi connectivity index (χ1n) is 10.2. The summed E-state index contributed by atoms with van der Waals surface area (Å²) in [5, 5.41) is 3.20. The van der Waals surface area contributed by atoms with Crippen LogP contribution in [0.5, 0.6) is 5.75 Å². The highest BCUT2D eigenvalue weighted by Crippen LogP contribution is 2.26. The van der Waals surface area contributed by atoms with Gasteiger partial charge in [-0.3, -0.25) is 9.59 Å². The van der Waals surface area contributed by atoms with Gasteiger partial charge in [-0.15, -0.1) is 0 Å². The van der Waals surface area contributed by atoms with Crippen LogP contribution in [0.25, 0.3) is 0 Å². The van der Waals surface area contributed by atoms with Gasteiger partial charge in [0.2, 0.25) is 5.91 Å². The average molecular weight is 431 g/mol. The lowest BCUT2D eigenvalue weighted by Crippen LogP contribution is -2.36. The number of hydrogen-bond acceptors (Lipinski definition) is 5. The number of hydrogen-bond donors (Lipinski definition) is 1. The van der Waals surface area contributed by atoms with Crippen LogP contribution in [0.1, 0.15) is 36.5 Å². The van der Waals surface area contributed by atoms with Gasteiger partial charge < -0.3 is 19.9 Å². The van der Waals surface area contributed by atoms with E-state index in [1.165, 1.54) is 0 Å². The maximum Gasteiger partial charge on any atom is 0.255 e. The van der Waals surface area contributed by atoms with E-state index in [2.05, 4.69) is 10.3 Å². The lowest BCUT2D eigenvalue weighted by molar-refractivity contribution is -0.115. The van der Waals surface area contributed by atoms with Crippen LogP contribution in [0, 0.1) is 0 Å². The Bertz CT molecular complexity index is 900. The first-order chi connectivity index (χ1) is 14.5. The number of piperidine rings is 1. The summed E-state index contributed by atoms with van der Waals surface area (Å²) in [5.41, 5.74) is 1.07. The van der Waals surface area contributed by atoms with Crippen LogP contribution >= 0.6 is 11.6 Å². The predicted octanol–water partition coefficient (Wildman–Crippen LogP) is 3.83. The van der Waals surface area contributed by atoms with Crippen LogP contribution in [0.15, 0.2) is 36.5 Å². The lowest BCUT2D eigenvalue weighted by Gasteiger charge is -2.27. The fraction of sp³-hybridized carbons (Fsp3) is 0.409. The molecule has 7 nitrogen and oxygen atoms in total. The summed E-state index contributed by atoms with van der Waals surface area (Å²) < 4.78 is 5.27. The number of halogens is 1. The second kappa shape index (κ2) is 10.3. The van der Waals surface area contributed by atoms with Gasteiger partial charge in [0.1, 0.15) is 11.6 Å². The number of anilines is 2. The Labute approximate surface area is 182 Å². The van der Waals surface area contributed by atoms with Gasteiger partial charge in [0.25, 0.3) is 5.91 Å². The van der Waals surface area contributed by atoms with Gasteiger partial charge in [0, 0.05) is 25.8 Å². The molecule has 3 rings (SSSR count). The van der Waals surface area contributed by atoms with Crippen LogP contribution in [0.4, 0.5) is 11.5 Å². The fourth-order valence-electron chi connectivity index (χ4n) is 3.51. The van der Waals surface area contributed by atoms with Gasteiger partial charge in [-0.25, -0.2) is 4.98 Å². The molecule has 0 aliphatic carbocycles. The molecule has 0 radical (unpaired) electrons. The van der Waals surface area contributed by atoms with Gasteiger partial charge >= 0.3 is 0 Å². The number of likely N-dealkylation sites (tertiary alicyclic amines) is 1. The van der Waals surface area contributed by atoms with Crippen molar-refractivity contribution < 1.29 is 14.3 Å². The summed E-state index contributed by atoms with van der Waals surface area (Å²) in [4.78, 5) is 33.3. The molecule has 0 saturated carbocycles. The summed E-state index contributed by atoms with van der Waals surface area (Å²) in [6.07, 6.45) is 4.74. The van der Waals surface area contributed by atoms with Crippen molar-refractivity contribution in [2.24, 2.45) is 0 Å². The normalized spacial score (nSPS) is 13.6. The summed E-state index contributed by atoms with van der Waals surface area (Å²) in [6.45, 7) is 4.05. The number of likely N-dealkylation sites (N-methyl/N-ethyl adjacent to an activating group) is 1. The standard InChI is InChI=1S/C22H27ClN4O3/c1-3-26(15-20(28)25-18-9-5-6-10-19(18)30-2)21-17(23)13-16(14-24-21)22(29)27-11-7-4-8-12-27/h5-6,9-10,13-14H,3-4,7-8,11-12,15H2,1-2H3,(H,25,28). The minimum atomic E-state index is -0.215. The van der Waals surface area contributed by atoms with Crippen molar-refractivity contribution in [2.75, 3.05) is 43.5 Å². The van der Waals surface area contributed by atoms with Gasteiger partial charge in [0.15, 0.2) is 0 Å². The third kappa shape index (κ3) is 5.21. The number of methoxy groups -OCH3 is 1. The van der Waals surface area contributed by atoms with Crippen LogP contribution in [0.2, 0.25) is 5.02 Å². The number of nitrogens with one attached hydrogen (secondary N) is 1. The topological polar surface area (TPSA) is 74.8 Å². The third-order valence-electron chi connectivity index (χ3n) is 5.11. The monoisotopic (exact) mass is 430 g/mol. The highest BCUT2D eigenvalue weighted by Gasteiger charge is 2.21. The van der Waals surface area contributed by atoms with Crippen LogP contribution < -0.4 is 15.0 Å². The molecule has 2 heterocycles. The number of rotatable bonds is 7. The van der Waals surface area contributed by atoms with E-state index in [-0.39, 0.29) is 18.4 Å². The Morgan fingerprint density at radius 3 is 2.63 bits per heavy atom. The molecule has 2 aromatic rings. The quantitative estimate of drug-likeness (QED) is 0.722. The zero-order valence-electron chi connectivity index (χ0n) is 17.4. The average Bonchev–Trinajstić information content (AvgIpc) is 2.78. The number of amides is 2. The van der Waals surface area contributed by atoms with E-state index in [4.69, 9.17) is 16.3 Å². The van der Waals surface area contributed by atoms with E-state index in [1.54, 1.807) is 36.4 Å². The van der Waals surface area contributed by atoms with Crippen molar-refractivity contribution >= 4 is 34.9 Å². The molecule has 1 aromatic heterocycles. The number of para-hydroxylation sites is 2. The molecule has 0 bridgehead atoms. The van der Waals surface area contributed by atoms with Crippen LogP contribution in [-0.2, 0) is 4.79 Å². The first-order valence-corrected chi connectivity index (χ1v) is 10.5. The number of ether oxygens (including phenoxy) is 1. The Balaban J connectivity index is 1.69. The third-order valence-corrected chi connectivity index (χ3v) is 5.39. The molecule has 8 heteroatoms. The van der Waals surface area contributed by atoms with E-state index in [0.29, 0.717) is 34.4 Å². The number of nitrogens with zero attached hydrogens (tertiary/aromatic N) is 3. The Morgan fingerprint density at radius 2 is 1.97 bits per heavy atom. The molecule has 2 amide bonds. The van der Waals surface area contributed by atoms with Gasteiger partial charge in [-0.2, -0.15) is 0 Å². The number of carbonyl (C=O) groups is 2. The molecule has 1 aromatic carbocycles. The maximum atomic E-state index is 12.7. The summed E-state index contributed by atoms with van der Waals surface area (Å²) >= 11 is 6.45. The zero-order chi connectivity index (χ0) is 21.5. The maximum absolute atomic E-state index is 12.7. The molecule has 1 fully saturated rings. The molecule has 160 valence electrons. The summed E-state index contributed by atoms with van der Waals surface area (Å²) in [5.74, 6) is 0.801. The van der Waals surface area contributed by atoms with Gasteiger partial charge in [-0.1, -0.05) is 23.7 Å². The zero-order valence-corrected chi connectivity index (χ0v) is 18.1. The van der Waals surface area contributed by atoms with Crippen LogP contribution in [-0.4, -0.2) is 55.0 Å². The van der Waals surface area contributed by atoms with Gasteiger partial charge in [0.05, 0.1) is 29.9 Å². The molecule has 1 aliphatic heterocycles. The van der Waals surface area contributed by atoms with Crippen molar-refractivity contribution in [1.82, 2.24) is 9.88 Å². The molecule has 0 atom stereocenters. The molecule has 0 spiro atoms. The number of benzene rings is 1. The van der Waals surface area contributed by atoms with Crippen molar-refractivity contribution in [1.29, 1.82) is 0 Å². The SMILES string of the molecule is CCN(CC(=O)Nc1ccccc1OC)c1ncc(C(=O)N2CCCCC2)cc1Cl. The number of pyridine rings is 1. The molecular formula is C22H27ClN4O3. The number of carbonyl (C=O) groups excluding carboxylic acids is 2. The molecule has 1 saturated heterocycles. The van der Waals surface area contributed by atoms with Gasteiger partial charge in [-0.05, 0) is 44.4 Å². The van der Waals surface area contributed by atoms with Crippen molar-refractivity contribution in [3.8, 4) is 5.75 Å². The van der Waals surface area contributed by atoms with E-state index in [0.717, 1.165) is 32.4 Å². The molecule has 0 unspecified atom stereocenters. The summed E-state index contributed by atoms with van der Waals surface area (Å²) in [6, 6.07) is 8.86. The van der Waals surface area contributed by atoms with E-state index >= 15 is 0 Å². The molecule has 1 aliphatic rings. The Morgan fingerprint density at radius 1 is 1.23 bits per heavy atom. The molecule has 1 N–H and O–H groups in total. The van der Waals surface area contributed by atoms with Crippen molar-refractivity contribution in [3.63, 3.8) is 0 Å². The predicted molar refractivity (Wildman–Crippen MR) is 119 cm³/mol. The highest BCUT2D eigenvalue weighted by atomic mass is 35.5. The molecular weight excluding hydrogens is 404 g/mol. The Hall–Kier alpha value is -2.80. The first kappa shape index (κ1) is 21.9. The number of aromatic nitrogens is 1. The minimum absolute atomic E-state index is 0.0485. The van der Waals surface area contributed by atoms with Crippen molar-refractivity contribution in [2.45, 2.75) is 26.2 Å². The Kier molecular flexibility index (Phi) is 7.52. The van der Waals surface area contributed by atoms with E-state index in [9.17, 15) is 9.59 Å². The minimum Gasteiger partial charge on any atom is -0.495 e. The van der Waals surface area contributed by atoms with E-state index in [1.807, 2.05) is 24.0 Å². The van der Waals surface area contributed by atoms with E-state index < -0.39 is 0 Å².